The van der Waals surface area contributed by atoms with Gasteiger partial charge in [0, 0.05) is 25.0 Å². The normalized spacial score (nSPS) is 15.3. The minimum atomic E-state index is -0.197. The van der Waals surface area contributed by atoms with E-state index in [1.54, 1.807) is 6.20 Å². The van der Waals surface area contributed by atoms with Gasteiger partial charge in [0.25, 0.3) is 5.56 Å². The Labute approximate surface area is 169 Å². The molecule has 1 aliphatic heterocycles. The molecule has 4 rings (SSSR count). The average molecular weight is 393 g/mol. The van der Waals surface area contributed by atoms with Gasteiger partial charge >= 0.3 is 0 Å². The second-order valence-corrected chi connectivity index (χ2v) is 8.02. The van der Waals surface area contributed by atoms with Crippen molar-refractivity contribution in [3.8, 4) is 0 Å². The van der Waals surface area contributed by atoms with Crippen molar-refractivity contribution in [3.05, 3.63) is 52.2 Å². The van der Waals surface area contributed by atoms with Gasteiger partial charge in [-0.15, -0.1) is 0 Å². The standard InChI is InChI=1S/C22H27N5O2/c1-13(2)17-10-18(20-21(26-17)14(3)11-24-22(20)29)25-19-5-4-15(12-23-19)27-8-6-16(28)7-9-27/h4-5,10-13,16,28H,6-9H2,1-3H3,(H,24,29)(H,23,25,26). The summed E-state index contributed by atoms with van der Waals surface area (Å²) in [6.45, 7) is 7.78. The van der Waals surface area contributed by atoms with E-state index in [2.05, 4.69) is 34.0 Å². The third kappa shape index (κ3) is 3.96. The highest BCUT2D eigenvalue weighted by Gasteiger charge is 2.18. The van der Waals surface area contributed by atoms with E-state index in [1.165, 1.54) is 0 Å². The molecule has 3 aromatic heterocycles. The van der Waals surface area contributed by atoms with Crippen molar-refractivity contribution in [2.75, 3.05) is 23.3 Å². The Morgan fingerprint density at radius 1 is 1.28 bits per heavy atom. The minimum Gasteiger partial charge on any atom is -0.393 e. The van der Waals surface area contributed by atoms with Gasteiger partial charge < -0.3 is 20.3 Å². The molecule has 0 atom stereocenters. The van der Waals surface area contributed by atoms with Gasteiger partial charge in [0.1, 0.15) is 5.82 Å². The Bertz CT molecular complexity index is 1070. The van der Waals surface area contributed by atoms with Gasteiger partial charge in [0.15, 0.2) is 0 Å². The number of aromatic nitrogens is 3. The Hall–Kier alpha value is -2.93. The monoisotopic (exact) mass is 393 g/mol. The molecule has 1 saturated heterocycles. The van der Waals surface area contributed by atoms with E-state index in [9.17, 15) is 9.90 Å². The summed E-state index contributed by atoms with van der Waals surface area (Å²) in [6, 6.07) is 5.88. The predicted octanol–water partition coefficient (Wildman–Crippen LogP) is 3.45. The molecular formula is C22H27N5O2. The maximum atomic E-state index is 12.5. The quantitative estimate of drug-likeness (QED) is 0.628. The Morgan fingerprint density at radius 2 is 2.03 bits per heavy atom. The SMILES string of the molecule is Cc1c[nH]c(=O)c2c(Nc3ccc(N4CCC(O)CC4)cn3)cc(C(C)C)nc12. The van der Waals surface area contributed by atoms with E-state index in [0.29, 0.717) is 22.4 Å². The molecule has 0 spiro atoms. The highest BCUT2D eigenvalue weighted by Crippen LogP contribution is 2.28. The zero-order valence-corrected chi connectivity index (χ0v) is 17.1. The number of aliphatic hydroxyl groups excluding tert-OH is 1. The fraction of sp³-hybridized carbons (Fsp3) is 0.409. The van der Waals surface area contributed by atoms with Crippen LogP contribution in [0.15, 0.2) is 35.4 Å². The van der Waals surface area contributed by atoms with E-state index < -0.39 is 0 Å². The third-order valence-electron chi connectivity index (χ3n) is 5.49. The fourth-order valence-corrected chi connectivity index (χ4v) is 3.70. The number of pyridine rings is 3. The van der Waals surface area contributed by atoms with Crippen molar-refractivity contribution in [2.24, 2.45) is 0 Å². The summed E-state index contributed by atoms with van der Waals surface area (Å²) in [5.41, 5.74) is 4.16. The van der Waals surface area contributed by atoms with Gasteiger partial charge in [-0.2, -0.15) is 0 Å². The lowest BCUT2D eigenvalue weighted by Gasteiger charge is -2.31. The van der Waals surface area contributed by atoms with Crippen molar-refractivity contribution in [3.63, 3.8) is 0 Å². The molecular weight excluding hydrogens is 366 g/mol. The van der Waals surface area contributed by atoms with Crippen LogP contribution < -0.4 is 15.8 Å². The second-order valence-electron chi connectivity index (χ2n) is 8.02. The van der Waals surface area contributed by atoms with Crippen molar-refractivity contribution in [1.29, 1.82) is 0 Å². The van der Waals surface area contributed by atoms with E-state index in [4.69, 9.17) is 4.98 Å². The summed E-state index contributed by atoms with van der Waals surface area (Å²) in [5, 5.41) is 13.6. The number of fused-ring (bicyclic) bond motifs is 1. The molecule has 0 bridgehead atoms. The van der Waals surface area contributed by atoms with Crippen LogP contribution in [-0.4, -0.2) is 39.3 Å². The van der Waals surface area contributed by atoms with Crippen LogP contribution in [-0.2, 0) is 0 Å². The minimum absolute atomic E-state index is 0.167. The molecule has 0 amide bonds. The Morgan fingerprint density at radius 3 is 2.69 bits per heavy atom. The highest BCUT2D eigenvalue weighted by molar-refractivity contribution is 5.93. The molecule has 0 aliphatic carbocycles. The number of aliphatic hydroxyl groups is 1. The maximum absolute atomic E-state index is 12.5. The van der Waals surface area contributed by atoms with Crippen LogP contribution in [0.2, 0.25) is 0 Å². The zero-order chi connectivity index (χ0) is 20.5. The number of hydrogen-bond donors (Lipinski definition) is 3. The molecule has 3 aromatic rings. The maximum Gasteiger partial charge on any atom is 0.259 e. The van der Waals surface area contributed by atoms with Gasteiger partial charge in [-0.25, -0.2) is 4.98 Å². The van der Waals surface area contributed by atoms with Gasteiger partial charge in [0.2, 0.25) is 0 Å². The number of rotatable bonds is 4. The first-order valence-corrected chi connectivity index (χ1v) is 10.1. The molecule has 29 heavy (non-hydrogen) atoms. The van der Waals surface area contributed by atoms with E-state index in [0.717, 1.165) is 42.9 Å². The first-order valence-electron chi connectivity index (χ1n) is 10.1. The number of anilines is 3. The topological polar surface area (TPSA) is 94.1 Å². The zero-order valence-electron chi connectivity index (χ0n) is 17.1. The van der Waals surface area contributed by atoms with Crippen LogP contribution in [0.3, 0.4) is 0 Å². The van der Waals surface area contributed by atoms with Crippen LogP contribution in [0.25, 0.3) is 10.9 Å². The smallest absolute Gasteiger partial charge is 0.259 e. The summed E-state index contributed by atoms with van der Waals surface area (Å²) in [6.07, 6.45) is 4.90. The molecule has 152 valence electrons. The van der Waals surface area contributed by atoms with Gasteiger partial charge in [-0.1, -0.05) is 13.8 Å². The number of aromatic amines is 1. The first kappa shape index (κ1) is 19.4. The Kier molecular flexibility index (Phi) is 5.24. The number of hydrogen-bond acceptors (Lipinski definition) is 6. The van der Waals surface area contributed by atoms with E-state index >= 15 is 0 Å². The van der Waals surface area contributed by atoms with Crippen LogP contribution in [0, 0.1) is 6.92 Å². The van der Waals surface area contributed by atoms with E-state index in [1.807, 2.05) is 31.3 Å². The molecule has 1 aliphatic rings. The summed E-state index contributed by atoms with van der Waals surface area (Å²) in [4.78, 5) is 26.8. The summed E-state index contributed by atoms with van der Waals surface area (Å²) >= 11 is 0. The molecule has 0 aromatic carbocycles. The second kappa shape index (κ2) is 7.83. The van der Waals surface area contributed by atoms with Crippen LogP contribution in [0.5, 0.6) is 0 Å². The fourth-order valence-electron chi connectivity index (χ4n) is 3.70. The molecule has 1 fully saturated rings. The lowest BCUT2D eigenvalue weighted by molar-refractivity contribution is 0.145. The Balaban J connectivity index is 1.67. The van der Waals surface area contributed by atoms with Gasteiger partial charge in [-0.3, -0.25) is 9.78 Å². The van der Waals surface area contributed by atoms with Crippen LogP contribution >= 0.6 is 0 Å². The van der Waals surface area contributed by atoms with E-state index in [-0.39, 0.29) is 17.6 Å². The summed E-state index contributed by atoms with van der Waals surface area (Å²) in [5.74, 6) is 0.914. The van der Waals surface area contributed by atoms with Crippen LogP contribution in [0.4, 0.5) is 17.2 Å². The number of H-pyrrole nitrogens is 1. The van der Waals surface area contributed by atoms with Crippen molar-refractivity contribution < 1.29 is 5.11 Å². The molecule has 0 unspecified atom stereocenters. The van der Waals surface area contributed by atoms with Gasteiger partial charge in [-0.05, 0) is 49.4 Å². The molecule has 0 radical (unpaired) electrons. The molecule has 7 heteroatoms. The van der Waals surface area contributed by atoms with Gasteiger partial charge in [0.05, 0.1) is 34.6 Å². The predicted molar refractivity (Wildman–Crippen MR) is 116 cm³/mol. The largest absolute Gasteiger partial charge is 0.393 e. The number of nitrogens with zero attached hydrogens (tertiary/aromatic N) is 3. The average Bonchev–Trinajstić information content (AvgIpc) is 2.71. The first-order chi connectivity index (χ1) is 13.9. The molecule has 7 nitrogen and oxygen atoms in total. The number of piperidine rings is 1. The van der Waals surface area contributed by atoms with Crippen molar-refractivity contribution >= 4 is 28.1 Å². The lowest BCUT2D eigenvalue weighted by Crippen LogP contribution is -2.35. The van der Waals surface area contributed by atoms with Crippen molar-refractivity contribution in [2.45, 2.75) is 45.6 Å². The summed E-state index contributed by atoms with van der Waals surface area (Å²) < 4.78 is 0. The number of aryl methyl sites for hydroxylation is 1. The number of nitrogens with one attached hydrogen (secondary N) is 2. The third-order valence-corrected chi connectivity index (χ3v) is 5.49. The lowest BCUT2D eigenvalue weighted by atomic mass is 10.1. The van der Waals surface area contributed by atoms with Crippen molar-refractivity contribution in [1.82, 2.24) is 15.0 Å². The molecule has 3 N–H and O–H groups in total. The summed E-state index contributed by atoms with van der Waals surface area (Å²) in [7, 11) is 0. The van der Waals surface area contributed by atoms with Crippen LogP contribution in [0.1, 0.15) is 43.9 Å². The molecule has 0 saturated carbocycles. The highest BCUT2D eigenvalue weighted by atomic mass is 16.3. The molecule has 4 heterocycles.